The van der Waals surface area contributed by atoms with Crippen molar-refractivity contribution in [3.05, 3.63) is 47.5 Å². The molecule has 3 rings (SSSR count). The number of hydrogen-bond donors (Lipinski definition) is 1. The Bertz CT molecular complexity index is 452. The van der Waals surface area contributed by atoms with Crippen molar-refractivity contribution in [1.29, 1.82) is 0 Å². The molecule has 0 atom stereocenters. The van der Waals surface area contributed by atoms with Crippen molar-refractivity contribution < 1.29 is 5.21 Å². The quantitative estimate of drug-likeness (QED) is 0.681. The largest absolute Gasteiger partial charge is 0.313 e. The van der Waals surface area contributed by atoms with Crippen molar-refractivity contribution in [2.75, 3.05) is 0 Å². The molecule has 0 fully saturated rings. The second-order valence-corrected chi connectivity index (χ2v) is 3.76. The van der Waals surface area contributed by atoms with Crippen molar-refractivity contribution in [3.8, 4) is 0 Å². The topological polar surface area (TPSA) is 23.5 Å². The van der Waals surface area contributed by atoms with Crippen molar-refractivity contribution in [2.24, 2.45) is 0 Å². The van der Waals surface area contributed by atoms with Crippen LogP contribution in [-0.2, 0) is 13.1 Å². The number of nitrogens with zero attached hydrogens (tertiary/aromatic N) is 1. The minimum Gasteiger partial charge on any atom is -0.313 e. The second-order valence-electron chi connectivity index (χ2n) is 3.76. The molecule has 0 radical (unpaired) electrons. The molecule has 0 aliphatic carbocycles. The van der Waals surface area contributed by atoms with Gasteiger partial charge in [0, 0.05) is 13.1 Å². The Kier molecular flexibility index (Phi) is 1.60. The first-order valence-corrected chi connectivity index (χ1v) is 4.78. The molecule has 2 aromatic rings. The molecule has 0 saturated heterocycles. The molecule has 0 unspecified atom stereocenters. The first kappa shape index (κ1) is 7.97. The van der Waals surface area contributed by atoms with Crippen LogP contribution in [-0.4, -0.2) is 10.3 Å². The van der Waals surface area contributed by atoms with E-state index in [0.29, 0.717) is 13.1 Å². The summed E-state index contributed by atoms with van der Waals surface area (Å²) in [5.41, 5.74) is 2.43. The third-order valence-corrected chi connectivity index (χ3v) is 2.78. The van der Waals surface area contributed by atoms with Crippen LogP contribution in [0.25, 0.3) is 10.8 Å². The van der Waals surface area contributed by atoms with E-state index in [9.17, 15) is 5.21 Å². The summed E-state index contributed by atoms with van der Waals surface area (Å²) in [6.45, 7) is 1.27. The molecule has 14 heavy (non-hydrogen) atoms. The third kappa shape index (κ3) is 1.05. The summed E-state index contributed by atoms with van der Waals surface area (Å²) in [6, 6.07) is 12.5. The molecule has 70 valence electrons. The molecule has 0 bridgehead atoms. The van der Waals surface area contributed by atoms with Crippen LogP contribution < -0.4 is 0 Å². The normalized spacial score (nSPS) is 16.1. The highest BCUT2D eigenvalue weighted by molar-refractivity contribution is 5.89. The highest BCUT2D eigenvalue weighted by Gasteiger charge is 2.15. The predicted molar refractivity (Wildman–Crippen MR) is 55.0 cm³/mol. The van der Waals surface area contributed by atoms with E-state index in [-0.39, 0.29) is 0 Å². The van der Waals surface area contributed by atoms with Gasteiger partial charge in [-0.05, 0) is 21.9 Å². The van der Waals surface area contributed by atoms with Crippen LogP contribution in [0, 0.1) is 0 Å². The zero-order valence-corrected chi connectivity index (χ0v) is 7.77. The van der Waals surface area contributed by atoms with Gasteiger partial charge in [-0.25, -0.2) is 0 Å². The van der Waals surface area contributed by atoms with Crippen molar-refractivity contribution >= 4 is 10.8 Å². The van der Waals surface area contributed by atoms with E-state index in [1.54, 1.807) is 0 Å². The predicted octanol–water partition coefficient (Wildman–Crippen LogP) is 2.54. The molecule has 0 spiro atoms. The molecule has 0 amide bonds. The van der Waals surface area contributed by atoms with Crippen molar-refractivity contribution in [2.45, 2.75) is 13.1 Å². The summed E-state index contributed by atoms with van der Waals surface area (Å²) in [7, 11) is 0. The molecule has 2 heteroatoms. The number of benzene rings is 2. The average Bonchev–Trinajstić information content (AvgIpc) is 2.18. The van der Waals surface area contributed by atoms with Gasteiger partial charge in [0.15, 0.2) is 0 Å². The maximum Gasteiger partial charge on any atom is 0.0498 e. The Morgan fingerprint density at radius 1 is 0.929 bits per heavy atom. The smallest absolute Gasteiger partial charge is 0.0498 e. The van der Waals surface area contributed by atoms with E-state index in [0.717, 1.165) is 0 Å². The first-order chi connectivity index (χ1) is 6.84. The lowest BCUT2D eigenvalue weighted by Crippen LogP contribution is -2.22. The van der Waals surface area contributed by atoms with Crippen molar-refractivity contribution in [3.63, 3.8) is 0 Å². The van der Waals surface area contributed by atoms with Gasteiger partial charge >= 0.3 is 0 Å². The average molecular weight is 185 g/mol. The molecule has 1 aliphatic heterocycles. The lowest BCUT2D eigenvalue weighted by molar-refractivity contribution is -0.109. The SMILES string of the molecule is ON1Cc2cccc3cccc(c23)C1. The lowest BCUT2D eigenvalue weighted by atomic mass is 9.96. The maximum atomic E-state index is 9.54. The highest BCUT2D eigenvalue weighted by atomic mass is 16.5. The Morgan fingerprint density at radius 3 is 2.07 bits per heavy atom. The van der Waals surface area contributed by atoms with E-state index in [4.69, 9.17) is 0 Å². The van der Waals surface area contributed by atoms with Crippen LogP contribution >= 0.6 is 0 Å². The van der Waals surface area contributed by atoms with Gasteiger partial charge < -0.3 is 5.21 Å². The van der Waals surface area contributed by atoms with Gasteiger partial charge in [0.2, 0.25) is 0 Å². The fourth-order valence-corrected chi connectivity index (χ4v) is 2.21. The zero-order valence-electron chi connectivity index (χ0n) is 7.77. The zero-order chi connectivity index (χ0) is 9.54. The van der Waals surface area contributed by atoms with Gasteiger partial charge in [-0.2, -0.15) is 5.06 Å². The monoisotopic (exact) mass is 185 g/mol. The molecule has 2 aromatic carbocycles. The second kappa shape index (κ2) is 2.80. The van der Waals surface area contributed by atoms with E-state index in [1.165, 1.54) is 27.0 Å². The standard InChI is InChI=1S/C12H11NO/c14-13-7-10-5-1-3-9-4-2-6-11(8-13)12(9)10/h1-6,14H,7-8H2. The Balaban J connectivity index is 2.40. The van der Waals surface area contributed by atoms with Crippen molar-refractivity contribution in [1.82, 2.24) is 5.06 Å². The van der Waals surface area contributed by atoms with Crippen LogP contribution in [0.5, 0.6) is 0 Å². The minimum absolute atomic E-state index is 0.633. The summed E-state index contributed by atoms with van der Waals surface area (Å²) in [6.07, 6.45) is 0. The van der Waals surface area contributed by atoms with Crippen LogP contribution in [0.4, 0.5) is 0 Å². The van der Waals surface area contributed by atoms with Crippen LogP contribution in [0.1, 0.15) is 11.1 Å². The molecule has 2 nitrogen and oxygen atoms in total. The highest BCUT2D eigenvalue weighted by Crippen LogP contribution is 2.28. The van der Waals surface area contributed by atoms with E-state index >= 15 is 0 Å². The molecule has 1 heterocycles. The Morgan fingerprint density at radius 2 is 1.50 bits per heavy atom. The summed E-state index contributed by atoms with van der Waals surface area (Å²) in [5.74, 6) is 0. The molecule has 1 aliphatic rings. The number of hydrogen-bond acceptors (Lipinski definition) is 2. The summed E-state index contributed by atoms with van der Waals surface area (Å²) >= 11 is 0. The van der Waals surface area contributed by atoms with Gasteiger partial charge in [-0.15, -0.1) is 0 Å². The summed E-state index contributed by atoms with van der Waals surface area (Å²) < 4.78 is 0. The third-order valence-electron chi connectivity index (χ3n) is 2.78. The Labute approximate surface area is 82.3 Å². The van der Waals surface area contributed by atoms with Gasteiger partial charge in [0.25, 0.3) is 0 Å². The molecule has 0 saturated carbocycles. The van der Waals surface area contributed by atoms with Gasteiger partial charge in [0.1, 0.15) is 0 Å². The molecule has 0 aromatic heterocycles. The van der Waals surface area contributed by atoms with Gasteiger partial charge in [-0.1, -0.05) is 36.4 Å². The maximum absolute atomic E-state index is 9.54. The van der Waals surface area contributed by atoms with E-state index < -0.39 is 0 Å². The Hall–Kier alpha value is -1.38. The fourth-order valence-electron chi connectivity index (χ4n) is 2.21. The van der Waals surface area contributed by atoms with Gasteiger partial charge in [0.05, 0.1) is 0 Å². The van der Waals surface area contributed by atoms with E-state index in [1.807, 2.05) is 12.1 Å². The van der Waals surface area contributed by atoms with Crippen LogP contribution in [0.3, 0.4) is 0 Å². The lowest BCUT2D eigenvalue weighted by Gasteiger charge is -2.23. The molecular formula is C12H11NO. The minimum atomic E-state index is 0.633. The van der Waals surface area contributed by atoms with E-state index in [2.05, 4.69) is 24.3 Å². The molecular weight excluding hydrogens is 174 g/mol. The van der Waals surface area contributed by atoms with Crippen LogP contribution in [0.15, 0.2) is 36.4 Å². The molecule has 1 N–H and O–H groups in total. The van der Waals surface area contributed by atoms with Gasteiger partial charge in [-0.3, -0.25) is 0 Å². The summed E-state index contributed by atoms with van der Waals surface area (Å²) in [4.78, 5) is 0. The first-order valence-electron chi connectivity index (χ1n) is 4.78. The van der Waals surface area contributed by atoms with Crippen LogP contribution in [0.2, 0.25) is 0 Å². The fraction of sp³-hybridized carbons (Fsp3) is 0.167. The summed E-state index contributed by atoms with van der Waals surface area (Å²) in [5, 5.41) is 13.5. The number of hydroxylamine groups is 2. The number of rotatable bonds is 0.